The Kier molecular flexibility index (Phi) is 5.88. The minimum Gasteiger partial charge on any atom is -0.466 e. The van der Waals surface area contributed by atoms with Gasteiger partial charge in [0.05, 0.1) is 4.92 Å². The van der Waals surface area contributed by atoms with E-state index in [0.717, 1.165) is 0 Å². The molecule has 0 aliphatic rings. The van der Waals surface area contributed by atoms with E-state index in [-0.39, 0.29) is 11.3 Å². The number of para-hydroxylation sites is 1. The molecule has 0 heterocycles. The third kappa shape index (κ3) is 4.99. The van der Waals surface area contributed by atoms with Gasteiger partial charge in [0, 0.05) is 17.7 Å². The molecule has 0 aromatic heterocycles. The van der Waals surface area contributed by atoms with Gasteiger partial charge in [0.2, 0.25) is 10.0 Å². The molecule has 0 aliphatic carbocycles. The number of halogens is 3. The van der Waals surface area contributed by atoms with Crippen LogP contribution < -0.4 is 10.1 Å². The van der Waals surface area contributed by atoms with Gasteiger partial charge in [0.1, 0.15) is 5.75 Å². The highest BCUT2D eigenvalue weighted by Crippen LogP contribution is 2.32. The lowest BCUT2D eigenvalue weighted by atomic mass is 10.2. The summed E-state index contributed by atoms with van der Waals surface area (Å²) in [4.78, 5) is 22.3. The van der Waals surface area contributed by atoms with Crippen LogP contribution in [0, 0.1) is 10.1 Å². The number of rotatable bonds is 5. The molecule has 1 amide bonds. The molecule has 2 aromatic rings. The summed E-state index contributed by atoms with van der Waals surface area (Å²) in [6.07, 6.45) is -1.26. The molecule has 0 aliphatic heterocycles. The van der Waals surface area contributed by atoms with Gasteiger partial charge in [-0.05, 0) is 24.3 Å². The molecule has 0 spiro atoms. The van der Waals surface area contributed by atoms with Crippen molar-refractivity contribution in [1.82, 2.24) is 5.32 Å². The van der Waals surface area contributed by atoms with Crippen molar-refractivity contribution >= 4 is 46.4 Å². The Labute approximate surface area is 152 Å². The number of nitro benzene ring substituents is 1. The maximum absolute atomic E-state index is 12.2. The Morgan fingerprint density at radius 3 is 2.17 bits per heavy atom. The summed E-state index contributed by atoms with van der Waals surface area (Å²) in [5.74, 6) is -0.199. The molecule has 2 aromatic carbocycles. The Hall–Kier alpha value is -2.02. The fourth-order valence-corrected chi connectivity index (χ4v) is 2.05. The van der Waals surface area contributed by atoms with E-state index >= 15 is 0 Å². The summed E-state index contributed by atoms with van der Waals surface area (Å²) < 4.78 is 3.57. The molecule has 0 saturated heterocycles. The highest BCUT2D eigenvalue weighted by molar-refractivity contribution is 6.68. The number of nitro groups is 1. The molecule has 1 atom stereocenters. The van der Waals surface area contributed by atoms with Gasteiger partial charge in [0.15, 0.2) is 0 Å². The third-order valence-corrected chi connectivity index (χ3v) is 3.49. The van der Waals surface area contributed by atoms with Gasteiger partial charge in [-0.1, -0.05) is 53.0 Å². The zero-order valence-corrected chi connectivity index (χ0v) is 14.3. The van der Waals surface area contributed by atoms with Crippen LogP contribution in [0.4, 0.5) is 5.69 Å². The fraction of sp³-hybridized carbons (Fsp3) is 0.133. The van der Waals surface area contributed by atoms with Crippen molar-refractivity contribution in [3.8, 4) is 5.75 Å². The van der Waals surface area contributed by atoms with E-state index in [9.17, 15) is 14.9 Å². The van der Waals surface area contributed by atoms with Gasteiger partial charge in [0.25, 0.3) is 11.6 Å². The van der Waals surface area contributed by atoms with Gasteiger partial charge in [-0.2, -0.15) is 0 Å². The topological polar surface area (TPSA) is 81.5 Å². The van der Waals surface area contributed by atoms with E-state index in [1.54, 1.807) is 30.3 Å². The van der Waals surface area contributed by atoms with Gasteiger partial charge in [-0.25, -0.2) is 0 Å². The number of carbonyl (C=O) groups excluding carboxylic acids is 1. The molecule has 24 heavy (non-hydrogen) atoms. The minimum atomic E-state index is -1.92. The zero-order chi connectivity index (χ0) is 17.7. The van der Waals surface area contributed by atoms with Crippen molar-refractivity contribution in [1.29, 1.82) is 0 Å². The normalized spacial score (nSPS) is 12.3. The van der Waals surface area contributed by atoms with E-state index in [4.69, 9.17) is 39.5 Å². The second-order valence-electron chi connectivity index (χ2n) is 4.63. The van der Waals surface area contributed by atoms with E-state index in [1.165, 1.54) is 24.3 Å². The average molecular weight is 390 g/mol. The van der Waals surface area contributed by atoms with Crippen LogP contribution >= 0.6 is 34.8 Å². The summed E-state index contributed by atoms with van der Waals surface area (Å²) in [6.45, 7) is 0. The largest absolute Gasteiger partial charge is 0.466 e. The van der Waals surface area contributed by atoms with Crippen LogP contribution in [-0.2, 0) is 0 Å². The highest BCUT2D eigenvalue weighted by atomic mass is 35.6. The molecule has 0 bridgehead atoms. The third-order valence-electron chi connectivity index (χ3n) is 2.90. The van der Waals surface area contributed by atoms with E-state index in [0.29, 0.717) is 5.75 Å². The zero-order valence-electron chi connectivity index (χ0n) is 12.0. The number of hydrogen-bond donors (Lipinski definition) is 1. The van der Waals surface area contributed by atoms with Crippen molar-refractivity contribution in [2.24, 2.45) is 0 Å². The molecule has 126 valence electrons. The van der Waals surface area contributed by atoms with E-state index < -0.39 is 20.9 Å². The monoisotopic (exact) mass is 388 g/mol. The summed E-state index contributed by atoms with van der Waals surface area (Å²) in [7, 11) is 0. The predicted octanol–water partition coefficient (Wildman–Crippen LogP) is 4.10. The lowest BCUT2D eigenvalue weighted by Crippen LogP contribution is -2.47. The molecule has 0 saturated carbocycles. The summed E-state index contributed by atoms with van der Waals surface area (Å²) in [5, 5.41) is 13.1. The molecule has 1 N–H and O–H groups in total. The number of nitrogens with one attached hydrogen (secondary N) is 1. The number of nitrogens with zero attached hydrogens (tertiary/aromatic N) is 1. The first kappa shape index (κ1) is 18.3. The first-order valence-electron chi connectivity index (χ1n) is 6.61. The molecule has 0 unspecified atom stereocenters. The maximum atomic E-state index is 12.2. The van der Waals surface area contributed by atoms with Gasteiger partial charge < -0.3 is 10.1 Å². The second kappa shape index (κ2) is 7.70. The highest BCUT2D eigenvalue weighted by Gasteiger charge is 2.36. The number of amides is 1. The Morgan fingerprint density at radius 2 is 1.67 bits per heavy atom. The van der Waals surface area contributed by atoms with Crippen LogP contribution in [0.5, 0.6) is 5.75 Å². The molecule has 0 fully saturated rings. The van der Waals surface area contributed by atoms with E-state index in [2.05, 4.69) is 5.32 Å². The van der Waals surface area contributed by atoms with Gasteiger partial charge in [-0.3, -0.25) is 14.9 Å². The van der Waals surface area contributed by atoms with Crippen molar-refractivity contribution in [2.45, 2.75) is 10.0 Å². The first-order chi connectivity index (χ1) is 11.3. The quantitative estimate of drug-likeness (QED) is 0.361. The van der Waals surface area contributed by atoms with Crippen LogP contribution in [0.15, 0.2) is 54.6 Å². The predicted molar refractivity (Wildman–Crippen MR) is 91.7 cm³/mol. The molecule has 9 heteroatoms. The molecule has 6 nitrogen and oxygen atoms in total. The fourth-order valence-electron chi connectivity index (χ4n) is 1.75. The van der Waals surface area contributed by atoms with Crippen LogP contribution in [-0.4, -0.2) is 20.9 Å². The molecule has 2 rings (SSSR count). The number of hydrogen-bond acceptors (Lipinski definition) is 4. The van der Waals surface area contributed by atoms with E-state index in [1.807, 2.05) is 0 Å². The van der Waals surface area contributed by atoms with Gasteiger partial charge in [-0.15, -0.1) is 0 Å². The number of alkyl halides is 3. The standard InChI is InChI=1S/C15H11Cl3N2O4/c16-15(17,18)14(24-12-4-2-1-3-5-12)19-13(21)10-6-8-11(9-7-10)20(22)23/h1-9,14H,(H,19,21)/t14-/m0/s1. The van der Waals surface area contributed by atoms with Crippen LogP contribution in [0.3, 0.4) is 0 Å². The van der Waals surface area contributed by atoms with Crippen molar-refractivity contribution in [3.05, 3.63) is 70.3 Å². The SMILES string of the molecule is O=C(N[C@@H](Oc1ccccc1)C(Cl)(Cl)Cl)c1ccc([N+](=O)[O-])cc1. The Balaban J connectivity index is 2.14. The van der Waals surface area contributed by atoms with Crippen LogP contribution in [0.25, 0.3) is 0 Å². The summed E-state index contributed by atoms with van der Waals surface area (Å²) >= 11 is 17.5. The number of non-ortho nitro benzene ring substituents is 1. The second-order valence-corrected chi connectivity index (χ2v) is 7.00. The van der Waals surface area contributed by atoms with Crippen LogP contribution in [0.1, 0.15) is 10.4 Å². The maximum Gasteiger partial charge on any atom is 0.269 e. The average Bonchev–Trinajstić information content (AvgIpc) is 2.54. The van der Waals surface area contributed by atoms with Crippen molar-refractivity contribution in [2.75, 3.05) is 0 Å². The lowest BCUT2D eigenvalue weighted by molar-refractivity contribution is -0.384. The van der Waals surface area contributed by atoms with Gasteiger partial charge >= 0.3 is 0 Å². The molecule has 0 radical (unpaired) electrons. The number of benzene rings is 2. The smallest absolute Gasteiger partial charge is 0.269 e. The van der Waals surface area contributed by atoms with Crippen molar-refractivity contribution < 1.29 is 14.5 Å². The minimum absolute atomic E-state index is 0.134. The molecular weight excluding hydrogens is 379 g/mol. The Bertz CT molecular complexity index is 718. The number of carbonyl (C=O) groups is 1. The number of ether oxygens (including phenoxy) is 1. The Morgan fingerprint density at radius 1 is 1.08 bits per heavy atom. The summed E-state index contributed by atoms with van der Waals surface area (Å²) in [6, 6.07) is 13.5. The first-order valence-corrected chi connectivity index (χ1v) is 7.74. The van der Waals surface area contributed by atoms with Crippen molar-refractivity contribution in [3.63, 3.8) is 0 Å². The molecular formula is C15H11Cl3N2O4. The lowest BCUT2D eigenvalue weighted by Gasteiger charge is -2.26. The van der Waals surface area contributed by atoms with Crippen LogP contribution in [0.2, 0.25) is 0 Å². The summed E-state index contributed by atoms with van der Waals surface area (Å²) in [5.41, 5.74) is 0.0292.